The quantitative estimate of drug-likeness (QED) is 0.799. The molecule has 6 heteroatoms. The molecule has 1 rings (SSSR count). The lowest BCUT2D eigenvalue weighted by Crippen LogP contribution is -2.22. The lowest BCUT2D eigenvalue weighted by molar-refractivity contribution is -0.160. The van der Waals surface area contributed by atoms with Crippen LogP contribution in [0.5, 0.6) is 0 Å². The average Bonchev–Trinajstić information content (AvgIpc) is 2.61. The third kappa shape index (κ3) is 3.46. The summed E-state index contributed by atoms with van der Waals surface area (Å²) in [5, 5.41) is 2.12. The second-order valence-electron chi connectivity index (χ2n) is 3.43. The summed E-state index contributed by atoms with van der Waals surface area (Å²) in [6, 6.07) is 0. The van der Waals surface area contributed by atoms with Crippen LogP contribution in [0.3, 0.4) is 0 Å². The summed E-state index contributed by atoms with van der Waals surface area (Å²) in [6.07, 6.45) is -0.870. The van der Waals surface area contributed by atoms with E-state index >= 15 is 0 Å². The fraction of sp³-hybridized carbons (Fsp3) is 0.600. The van der Waals surface area contributed by atoms with Crippen molar-refractivity contribution in [1.29, 1.82) is 0 Å². The highest BCUT2D eigenvalue weighted by atomic mass is 32.1. The zero-order valence-corrected chi connectivity index (χ0v) is 10.4. The number of nitrogens with two attached hydrogens (primary N) is 1. The van der Waals surface area contributed by atoms with Crippen molar-refractivity contribution in [3.05, 3.63) is 11.1 Å². The Labute approximate surface area is 98.6 Å². The van der Waals surface area contributed by atoms with E-state index in [-0.39, 0.29) is 6.10 Å². The first-order chi connectivity index (χ1) is 7.54. The molecule has 0 aromatic carbocycles. The fourth-order valence-corrected chi connectivity index (χ4v) is 1.73. The topological polar surface area (TPSA) is 74.4 Å². The average molecular weight is 244 g/mol. The number of carbonyl (C=O) groups is 1. The summed E-state index contributed by atoms with van der Waals surface area (Å²) >= 11 is 1.27. The fourth-order valence-electron chi connectivity index (χ4n) is 1.16. The molecule has 0 saturated heterocycles. The zero-order valence-electron chi connectivity index (χ0n) is 9.60. The largest absolute Gasteiger partial charge is 0.464 e. The lowest BCUT2D eigenvalue weighted by atomic mass is 10.2. The SMILES string of the molecule is CCOC(=O)C(OC(C)C)c1csc(N)n1. The van der Waals surface area contributed by atoms with Crippen LogP contribution < -0.4 is 5.73 Å². The summed E-state index contributed by atoms with van der Waals surface area (Å²) in [7, 11) is 0. The Bertz CT molecular complexity index is 352. The Morgan fingerprint density at radius 3 is 2.75 bits per heavy atom. The first-order valence-corrected chi connectivity index (χ1v) is 5.95. The number of hydrogen-bond donors (Lipinski definition) is 1. The predicted octanol–water partition coefficient (Wildman–Crippen LogP) is 1.75. The number of thiazole rings is 1. The lowest BCUT2D eigenvalue weighted by Gasteiger charge is -2.16. The van der Waals surface area contributed by atoms with E-state index in [1.165, 1.54) is 11.3 Å². The number of nitrogens with zero attached hydrogens (tertiary/aromatic N) is 1. The Morgan fingerprint density at radius 2 is 2.31 bits per heavy atom. The van der Waals surface area contributed by atoms with Gasteiger partial charge in [-0.15, -0.1) is 11.3 Å². The third-order valence-electron chi connectivity index (χ3n) is 1.72. The minimum absolute atomic E-state index is 0.0858. The van der Waals surface area contributed by atoms with Crippen LogP contribution in [0.25, 0.3) is 0 Å². The molecule has 1 atom stereocenters. The van der Waals surface area contributed by atoms with Crippen molar-refractivity contribution >= 4 is 22.4 Å². The van der Waals surface area contributed by atoms with Crippen LogP contribution in [-0.4, -0.2) is 23.7 Å². The number of rotatable bonds is 5. The highest BCUT2D eigenvalue weighted by Gasteiger charge is 2.26. The zero-order chi connectivity index (χ0) is 12.1. The Hall–Kier alpha value is -1.14. The van der Waals surface area contributed by atoms with Crippen LogP contribution in [-0.2, 0) is 14.3 Å². The molecule has 16 heavy (non-hydrogen) atoms. The van der Waals surface area contributed by atoms with Crippen LogP contribution in [0, 0.1) is 0 Å². The van der Waals surface area contributed by atoms with Gasteiger partial charge in [0, 0.05) is 5.38 Å². The van der Waals surface area contributed by atoms with E-state index < -0.39 is 12.1 Å². The summed E-state index contributed by atoms with van der Waals surface area (Å²) in [4.78, 5) is 15.7. The molecule has 90 valence electrons. The predicted molar refractivity (Wildman–Crippen MR) is 62.1 cm³/mol. The first-order valence-electron chi connectivity index (χ1n) is 5.07. The molecule has 0 fully saturated rings. The van der Waals surface area contributed by atoms with Crippen LogP contribution in [0.15, 0.2) is 5.38 Å². The molecule has 0 radical (unpaired) electrons. The normalized spacial score (nSPS) is 12.8. The van der Waals surface area contributed by atoms with Crippen molar-refractivity contribution in [1.82, 2.24) is 4.98 Å². The van der Waals surface area contributed by atoms with Gasteiger partial charge in [0.2, 0.25) is 0 Å². The Balaban J connectivity index is 2.82. The maximum Gasteiger partial charge on any atom is 0.341 e. The molecule has 1 aromatic rings. The standard InChI is InChI=1S/C10H16N2O3S/c1-4-14-9(13)8(15-6(2)3)7-5-16-10(11)12-7/h5-6,8H,4H2,1-3H3,(H2,11,12). The first kappa shape index (κ1) is 12.9. The van der Waals surface area contributed by atoms with Gasteiger partial charge >= 0.3 is 5.97 Å². The summed E-state index contributed by atoms with van der Waals surface area (Å²) in [5.74, 6) is -0.429. The number of anilines is 1. The molecule has 0 aliphatic rings. The number of aromatic nitrogens is 1. The molecule has 0 aliphatic carbocycles. The molecular formula is C10H16N2O3S. The number of carbonyl (C=O) groups excluding carboxylic acids is 1. The summed E-state index contributed by atoms with van der Waals surface area (Å²) in [6.45, 7) is 5.76. The smallest absolute Gasteiger partial charge is 0.341 e. The van der Waals surface area contributed by atoms with Crippen molar-refractivity contribution in [2.24, 2.45) is 0 Å². The van der Waals surface area contributed by atoms with E-state index in [0.717, 1.165) is 0 Å². The van der Waals surface area contributed by atoms with Crippen molar-refractivity contribution in [3.63, 3.8) is 0 Å². The maximum atomic E-state index is 11.7. The van der Waals surface area contributed by atoms with Crippen molar-refractivity contribution < 1.29 is 14.3 Å². The van der Waals surface area contributed by atoms with Gasteiger partial charge in [-0.1, -0.05) is 0 Å². The molecule has 1 unspecified atom stereocenters. The molecule has 0 saturated carbocycles. The molecule has 0 aliphatic heterocycles. The maximum absolute atomic E-state index is 11.7. The van der Waals surface area contributed by atoms with Gasteiger partial charge in [-0.3, -0.25) is 0 Å². The van der Waals surface area contributed by atoms with Crippen LogP contribution in [0.4, 0.5) is 5.13 Å². The molecule has 0 amide bonds. The molecule has 5 nitrogen and oxygen atoms in total. The summed E-state index contributed by atoms with van der Waals surface area (Å²) < 4.78 is 10.4. The highest BCUT2D eigenvalue weighted by Crippen LogP contribution is 2.23. The number of ether oxygens (including phenoxy) is 2. The molecule has 1 heterocycles. The Morgan fingerprint density at radius 1 is 1.62 bits per heavy atom. The Kier molecular flexibility index (Phi) is 4.70. The molecule has 0 bridgehead atoms. The van der Waals surface area contributed by atoms with E-state index in [9.17, 15) is 4.79 Å². The second-order valence-corrected chi connectivity index (χ2v) is 4.32. The monoisotopic (exact) mass is 244 g/mol. The van der Waals surface area contributed by atoms with E-state index in [1.807, 2.05) is 13.8 Å². The van der Waals surface area contributed by atoms with Gasteiger partial charge in [0.05, 0.1) is 18.4 Å². The van der Waals surface area contributed by atoms with Crippen LogP contribution in [0.1, 0.15) is 32.6 Å². The molecule has 0 spiro atoms. The van der Waals surface area contributed by atoms with Gasteiger partial charge in [-0.05, 0) is 20.8 Å². The van der Waals surface area contributed by atoms with Crippen LogP contribution in [0.2, 0.25) is 0 Å². The molecular weight excluding hydrogens is 228 g/mol. The van der Waals surface area contributed by atoms with Gasteiger partial charge in [0.25, 0.3) is 0 Å². The van der Waals surface area contributed by atoms with E-state index in [0.29, 0.717) is 17.4 Å². The number of nitrogen functional groups attached to an aromatic ring is 1. The van der Waals surface area contributed by atoms with Crippen molar-refractivity contribution in [3.8, 4) is 0 Å². The van der Waals surface area contributed by atoms with Crippen molar-refractivity contribution in [2.45, 2.75) is 33.0 Å². The minimum Gasteiger partial charge on any atom is -0.464 e. The van der Waals surface area contributed by atoms with E-state index in [2.05, 4.69) is 4.98 Å². The van der Waals surface area contributed by atoms with Gasteiger partial charge < -0.3 is 15.2 Å². The number of esters is 1. The van der Waals surface area contributed by atoms with E-state index in [1.54, 1.807) is 12.3 Å². The van der Waals surface area contributed by atoms with Crippen LogP contribution >= 0.6 is 11.3 Å². The molecule has 2 N–H and O–H groups in total. The minimum atomic E-state index is -0.784. The van der Waals surface area contributed by atoms with Gasteiger partial charge in [0.1, 0.15) is 0 Å². The van der Waals surface area contributed by atoms with Crippen molar-refractivity contribution in [2.75, 3.05) is 12.3 Å². The molecule has 1 aromatic heterocycles. The number of hydrogen-bond acceptors (Lipinski definition) is 6. The van der Waals surface area contributed by atoms with Gasteiger partial charge in [-0.25, -0.2) is 9.78 Å². The van der Waals surface area contributed by atoms with E-state index in [4.69, 9.17) is 15.2 Å². The highest BCUT2D eigenvalue weighted by molar-refractivity contribution is 7.13. The van der Waals surface area contributed by atoms with Gasteiger partial charge in [-0.2, -0.15) is 0 Å². The van der Waals surface area contributed by atoms with Gasteiger partial charge in [0.15, 0.2) is 11.2 Å². The second kappa shape index (κ2) is 5.81. The third-order valence-corrected chi connectivity index (χ3v) is 2.41. The summed E-state index contributed by atoms with van der Waals surface area (Å²) in [5.41, 5.74) is 6.03.